The van der Waals surface area contributed by atoms with Crippen molar-refractivity contribution in [3.8, 4) is 23.3 Å². The van der Waals surface area contributed by atoms with Gasteiger partial charge in [-0.25, -0.2) is 29.9 Å². The van der Waals surface area contributed by atoms with Gasteiger partial charge >= 0.3 is 0 Å². The number of nitrogens with zero attached hydrogens (tertiary/aromatic N) is 6. The Kier molecular flexibility index (Phi) is 14.6. The van der Waals surface area contributed by atoms with E-state index in [-0.39, 0.29) is 11.8 Å². The number of anilines is 4. The Hall–Kier alpha value is -8.24. The van der Waals surface area contributed by atoms with Crippen molar-refractivity contribution in [1.82, 2.24) is 29.9 Å². The third-order valence-corrected chi connectivity index (χ3v) is 13.8. The largest absolute Gasteiger partial charge is 0.489 e. The summed E-state index contributed by atoms with van der Waals surface area (Å²) in [7, 11) is 0. The fraction of sp³-hybridized carbons (Fsp3) is 0.133. The lowest BCUT2D eigenvalue weighted by atomic mass is 10.1. The number of pyridine rings is 2. The van der Waals surface area contributed by atoms with E-state index in [4.69, 9.17) is 19.4 Å². The molecule has 10 aromatic rings. The molecular formula is C60H50N8O2S2. The fourth-order valence-electron chi connectivity index (χ4n) is 7.69. The number of hydrogen-bond donors (Lipinski definition) is 2. The summed E-state index contributed by atoms with van der Waals surface area (Å²) >= 11 is 3.29. The Bertz CT molecular complexity index is 3320. The molecule has 0 saturated heterocycles. The van der Waals surface area contributed by atoms with Crippen molar-refractivity contribution >= 4 is 68.6 Å². The van der Waals surface area contributed by atoms with E-state index in [2.05, 4.69) is 155 Å². The van der Waals surface area contributed by atoms with Crippen LogP contribution in [-0.2, 0) is 13.2 Å². The molecule has 0 spiro atoms. The summed E-state index contributed by atoms with van der Waals surface area (Å²) in [6, 6.07) is 57.3. The van der Waals surface area contributed by atoms with Gasteiger partial charge in [0.2, 0.25) is 0 Å². The van der Waals surface area contributed by atoms with Crippen LogP contribution in [0.15, 0.2) is 202 Å². The lowest BCUT2D eigenvalue weighted by Gasteiger charge is -2.14. The van der Waals surface area contributed by atoms with Crippen LogP contribution in [0.1, 0.15) is 73.2 Å². The summed E-state index contributed by atoms with van der Waals surface area (Å²) < 4.78 is 12.2. The summed E-state index contributed by atoms with van der Waals surface area (Å²) in [5.74, 6) is 10.4. The van der Waals surface area contributed by atoms with Crippen molar-refractivity contribution in [3.05, 3.63) is 216 Å². The van der Waals surface area contributed by atoms with Gasteiger partial charge in [-0.05, 0) is 132 Å². The monoisotopic (exact) mass is 978 g/mol. The SMILES string of the molecule is CC(C)c1ccc2c(Nc3cc(C#Cc4ccc(Sc5ccc(OCc6ccccc6)cc5)c(Nc5ncnc6nc(C(C)C)ccc56)c4)ccc3Sc3ccc(OCc4ccccc4)cc3)ncnc2n1. The first-order chi connectivity index (χ1) is 35.3. The van der Waals surface area contributed by atoms with Gasteiger partial charge in [0.15, 0.2) is 11.3 Å². The van der Waals surface area contributed by atoms with E-state index in [9.17, 15) is 0 Å². The average Bonchev–Trinajstić information content (AvgIpc) is 3.41. The summed E-state index contributed by atoms with van der Waals surface area (Å²) in [5, 5.41) is 8.93. The molecule has 6 aromatic carbocycles. The minimum Gasteiger partial charge on any atom is -0.489 e. The molecule has 72 heavy (non-hydrogen) atoms. The molecule has 2 N–H and O–H groups in total. The fourth-order valence-corrected chi connectivity index (χ4v) is 9.45. The molecule has 0 unspecified atom stereocenters. The van der Waals surface area contributed by atoms with Crippen molar-refractivity contribution in [3.63, 3.8) is 0 Å². The maximum atomic E-state index is 6.09. The van der Waals surface area contributed by atoms with Gasteiger partial charge in [-0.1, -0.05) is 124 Å². The smallest absolute Gasteiger partial charge is 0.164 e. The average molecular weight is 979 g/mol. The number of ether oxygens (including phenoxy) is 2. The van der Waals surface area contributed by atoms with Crippen LogP contribution in [0.3, 0.4) is 0 Å². The van der Waals surface area contributed by atoms with E-state index in [1.54, 1.807) is 36.2 Å². The number of fused-ring (bicyclic) bond motifs is 2. The molecular weight excluding hydrogens is 929 g/mol. The molecule has 4 heterocycles. The maximum absolute atomic E-state index is 6.09. The molecule has 0 atom stereocenters. The predicted octanol–water partition coefficient (Wildman–Crippen LogP) is 15.0. The molecule has 0 aliphatic rings. The number of hydrogen-bond acceptors (Lipinski definition) is 12. The summed E-state index contributed by atoms with van der Waals surface area (Å²) in [4.78, 5) is 32.2. The summed E-state index contributed by atoms with van der Waals surface area (Å²) in [6.45, 7) is 9.51. The van der Waals surface area contributed by atoms with Gasteiger partial charge in [-0.2, -0.15) is 0 Å². The van der Waals surface area contributed by atoms with Crippen molar-refractivity contribution in [2.45, 2.75) is 72.3 Å². The van der Waals surface area contributed by atoms with Crippen LogP contribution in [0.4, 0.5) is 23.0 Å². The summed E-state index contributed by atoms with van der Waals surface area (Å²) in [6.07, 6.45) is 3.11. The minimum atomic E-state index is 0.266. The Morgan fingerprint density at radius 1 is 0.458 bits per heavy atom. The second kappa shape index (κ2) is 22.2. The van der Waals surface area contributed by atoms with E-state index in [1.807, 2.05) is 84.9 Å². The highest BCUT2D eigenvalue weighted by molar-refractivity contribution is 7.99. The van der Waals surface area contributed by atoms with Crippen molar-refractivity contribution < 1.29 is 9.47 Å². The highest BCUT2D eigenvalue weighted by Gasteiger charge is 2.15. The van der Waals surface area contributed by atoms with Crippen molar-refractivity contribution in [2.24, 2.45) is 0 Å². The third-order valence-electron chi connectivity index (χ3n) is 11.6. The first kappa shape index (κ1) is 47.4. The van der Waals surface area contributed by atoms with Crippen LogP contribution >= 0.6 is 23.5 Å². The maximum Gasteiger partial charge on any atom is 0.164 e. The molecule has 0 amide bonds. The van der Waals surface area contributed by atoms with Gasteiger partial charge in [0, 0.05) is 42.1 Å². The van der Waals surface area contributed by atoms with Crippen molar-refractivity contribution in [2.75, 3.05) is 10.6 Å². The first-order valence-corrected chi connectivity index (χ1v) is 25.4. The highest BCUT2D eigenvalue weighted by Crippen LogP contribution is 2.39. The molecule has 0 saturated carbocycles. The van der Waals surface area contributed by atoms with E-state index in [0.717, 1.165) is 86.9 Å². The normalized spacial score (nSPS) is 11.1. The van der Waals surface area contributed by atoms with E-state index in [0.29, 0.717) is 36.1 Å². The molecule has 10 nitrogen and oxygen atoms in total. The zero-order chi connectivity index (χ0) is 49.2. The molecule has 0 fully saturated rings. The molecule has 0 aliphatic carbocycles. The molecule has 0 radical (unpaired) electrons. The van der Waals surface area contributed by atoms with Crippen LogP contribution in [0.25, 0.3) is 22.1 Å². The topological polar surface area (TPSA) is 120 Å². The molecule has 10 rings (SSSR count). The Morgan fingerprint density at radius 2 is 0.875 bits per heavy atom. The zero-order valence-electron chi connectivity index (χ0n) is 40.2. The van der Waals surface area contributed by atoms with E-state index >= 15 is 0 Å². The lowest BCUT2D eigenvalue weighted by molar-refractivity contribution is 0.306. The Labute approximate surface area is 428 Å². The molecule has 12 heteroatoms. The second-order valence-corrected chi connectivity index (χ2v) is 19.8. The van der Waals surface area contributed by atoms with Crippen molar-refractivity contribution in [1.29, 1.82) is 0 Å². The molecule has 4 aromatic heterocycles. The van der Waals surface area contributed by atoms with Crippen LogP contribution < -0.4 is 20.1 Å². The van der Waals surface area contributed by atoms with Crippen LogP contribution in [0.2, 0.25) is 0 Å². The Morgan fingerprint density at radius 3 is 1.28 bits per heavy atom. The number of benzene rings is 6. The van der Waals surface area contributed by atoms with Crippen LogP contribution in [0, 0.1) is 11.8 Å². The number of nitrogens with one attached hydrogen (secondary N) is 2. The quantitative estimate of drug-likeness (QED) is 0.0897. The van der Waals surface area contributed by atoms with Gasteiger partial charge in [0.1, 0.15) is 49.0 Å². The number of rotatable bonds is 16. The Balaban J connectivity index is 0.955. The van der Waals surface area contributed by atoms with Gasteiger partial charge in [-0.15, -0.1) is 0 Å². The van der Waals surface area contributed by atoms with Crippen LogP contribution in [-0.4, -0.2) is 29.9 Å². The van der Waals surface area contributed by atoms with Gasteiger partial charge < -0.3 is 20.1 Å². The standard InChI is InChI=1S/C60H50N8O2S2/c1-39(2)51-29-27-49-57(65-51)61-37-63-59(49)67-53-33-41(17-31-55(53)71-47-23-19-45(20-24-47)69-35-43-11-7-5-8-12-43)15-16-42-18-32-56(72-48-25-21-46(22-26-48)70-36-44-13-9-6-10-14-44)54(34-42)68-60-50-28-30-52(40(3)4)66-58(50)62-38-64-60/h5-14,17-34,37-40H,35-36H2,1-4H3,(H,61,63,65,67)(H,62,64,66,68). The molecule has 0 bridgehead atoms. The van der Waals surface area contributed by atoms with E-state index in [1.165, 1.54) is 0 Å². The van der Waals surface area contributed by atoms with E-state index < -0.39 is 0 Å². The van der Waals surface area contributed by atoms with Gasteiger partial charge in [0.05, 0.1) is 22.1 Å². The summed E-state index contributed by atoms with van der Waals surface area (Å²) in [5.41, 5.74) is 8.80. The minimum absolute atomic E-state index is 0.266. The van der Waals surface area contributed by atoms with Gasteiger partial charge in [0.25, 0.3) is 0 Å². The molecule has 0 aliphatic heterocycles. The predicted molar refractivity (Wildman–Crippen MR) is 291 cm³/mol. The second-order valence-electron chi connectivity index (χ2n) is 17.6. The highest BCUT2D eigenvalue weighted by atomic mass is 32.2. The molecule has 354 valence electrons. The van der Waals surface area contributed by atoms with Crippen LogP contribution in [0.5, 0.6) is 11.5 Å². The lowest BCUT2D eigenvalue weighted by Crippen LogP contribution is -2.01. The number of aromatic nitrogens is 6. The first-order valence-electron chi connectivity index (χ1n) is 23.7. The third kappa shape index (κ3) is 11.8. The zero-order valence-corrected chi connectivity index (χ0v) is 41.8. The van der Waals surface area contributed by atoms with Gasteiger partial charge in [-0.3, -0.25) is 0 Å².